The molecule has 9 nitrogen and oxygen atoms in total. The van der Waals surface area contributed by atoms with Gasteiger partial charge in [0.2, 0.25) is 5.82 Å². The van der Waals surface area contributed by atoms with Gasteiger partial charge in [0.1, 0.15) is 12.1 Å². The van der Waals surface area contributed by atoms with E-state index in [4.69, 9.17) is 9.47 Å². The van der Waals surface area contributed by atoms with Crippen molar-refractivity contribution in [1.29, 1.82) is 0 Å². The lowest BCUT2D eigenvalue weighted by atomic mass is 10.1. The molecule has 0 aliphatic carbocycles. The lowest BCUT2D eigenvalue weighted by Crippen LogP contribution is -2.06. The first-order chi connectivity index (χ1) is 15.5. The highest BCUT2D eigenvalue weighted by Gasteiger charge is 2.25. The smallest absolute Gasteiger partial charge is 0.373 e. The lowest BCUT2D eigenvalue weighted by molar-refractivity contribution is -0.385. The van der Waals surface area contributed by atoms with Gasteiger partial charge in [-0.1, -0.05) is 36.4 Å². The number of ether oxygens (including phenoxy) is 2. The van der Waals surface area contributed by atoms with E-state index < -0.39 is 16.6 Å². The zero-order valence-electron chi connectivity index (χ0n) is 17.0. The number of anilines is 2. The van der Waals surface area contributed by atoms with E-state index in [9.17, 15) is 14.9 Å². The second kappa shape index (κ2) is 9.09. The van der Waals surface area contributed by atoms with Gasteiger partial charge in [-0.05, 0) is 48.0 Å². The van der Waals surface area contributed by atoms with Gasteiger partial charge in [-0.2, -0.15) is 4.98 Å². The van der Waals surface area contributed by atoms with Crippen LogP contribution in [0.1, 0.15) is 17.3 Å². The van der Waals surface area contributed by atoms with Crippen molar-refractivity contribution >= 4 is 33.9 Å². The third kappa shape index (κ3) is 4.46. The van der Waals surface area contributed by atoms with E-state index in [1.54, 1.807) is 37.3 Å². The molecule has 32 heavy (non-hydrogen) atoms. The van der Waals surface area contributed by atoms with Gasteiger partial charge in [-0.15, -0.1) is 0 Å². The molecule has 4 aromatic rings. The molecular weight excluding hydrogens is 412 g/mol. The van der Waals surface area contributed by atoms with Crippen molar-refractivity contribution in [3.05, 3.63) is 88.7 Å². The Labute approximate surface area is 182 Å². The molecule has 0 saturated heterocycles. The number of carbonyl (C=O) groups excluding carboxylic acids is 1. The largest absolute Gasteiger partial charge is 0.462 e. The molecule has 160 valence electrons. The van der Waals surface area contributed by atoms with Crippen LogP contribution in [0.25, 0.3) is 10.8 Å². The highest BCUT2D eigenvalue weighted by atomic mass is 16.6. The van der Waals surface area contributed by atoms with Crippen molar-refractivity contribution in [1.82, 2.24) is 9.97 Å². The minimum Gasteiger partial charge on any atom is -0.462 e. The molecule has 0 saturated carbocycles. The Balaban J connectivity index is 1.65. The van der Waals surface area contributed by atoms with Crippen LogP contribution in [0.3, 0.4) is 0 Å². The molecule has 0 amide bonds. The molecule has 3 aromatic carbocycles. The minimum absolute atomic E-state index is 0.0678. The quantitative estimate of drug-likeness (QED) is 0.240. The van der Waals surface area contributed by atoms with E-state index in [0.29, 0.717) is 17.0 Å². The number of fused-ring (bicyclic) bond motifs is 1. The molecule has 0 unspecified atom stereocenters. The predicted octanol–water partition coefficient (Wildman–Crippen LogP) is 5.25. The van der Waals surface area contributed by atoms with Crippen LogP contribution in [-0.2, 0) is 4.74 Å². The zero-order valence-corrected chi connectivity index (χ0v) is 17.0. The Bertz CT molecular complexity index is 1310. The molecule has 0 radical (unpaired) electrons. The Morgan fingerprint density at radius 1 is 1.03 bits per heavy atom. The normalized spacial score (nSPS) is 10.5. The number of carbonyl (C=O) groups is 1. The number of hydrogen-bond donors (Lipinski definition) is 1. The molecular formula is C23H18N4O5. The monoisotopic (exact) mass is 430 g/mol. The average molecular weight is 430 g/mol. The van der Waals surface area contributed by atoms with Crippen LogP contribution in [0.15, 0.2) is 73.1 Å². The highest BCUT2D eigenvalue weighted by Crippen LogP contribution is 2.36. The number of esters is 1. The molecule has 1 heterocycles. The van der Waals surface area contributed by atoms with Crippen LogP contribution in [0.5, 0.6) is 11.6 Å². The van der Waals surface area contributed by atoms with Crippen LogP contribution in [-0.4, -0.2) is 27.5 Å². The summed E-state index contributed by atoms with van der Waals surface area (Å²) in [7, 11) is 0. The topological polar surface area (TPSA) is 116 Å². The molecule has 0 atom stereocenters. The number of aromatic nitrogens is 2. The fourth-order valence-electron chi connectivity index (χ4n) is 3.11. The second-order valence-corrected chi connectivity index (χ2v) is 6.67. The number of benzene rings is 3. The molecule has 1 N–H and O–H groups in total. The van der Waals surface area contributed by atoms with E-state index in [1.807, 2.05) is 30.3 Å². The lowest BCUT2D eigenvalue weighted by Gasteiger charge is -2.10. The number of nitro groups is 1. The molecule has 9 heteroatoms. The fraction of sp³-hybridized carbons (Fsp3) is 0.0870. The van der Waals surface area contributed by atoms with Crippen molar-refractivity contribution in [2.45, 2.75) is 6.92 Å². The molecule has 0 bridgehead atoms. The number of nitrogens with zero attached hydrogens (tertiary/aromatic N) is 3. The summed E-state index contributed by atoms with van der Waals surface area (Å²) in [5.74, 6) is -0.361. The molecule has 1 aromatic heterocycles. The van der Waals surface area contributed by atoms with Gasteiger partial charge >= 0.3 is 17.5 Å². The summed E-state index contributed by atoms with van der Waals surface area (Å²) in [4.78, 5) is 31.1. The van der Waals surface area contributed by atoms with E-state index in [1.165, 1.54) is 12.4 Å². The first-order valence-corrected chi connectivity index (χ1v) is 9.75. The van der Waals surface area contributed by atoms with Crippen LogP contribution in [0, 0.1) is 10.1 Å². The Morgan fingerprint density at radius 2 is 1.84 bits per heavy atom. The van der Waals surface area contributed by atoms with Gasteiger partial charge in [-0.25, -0.2) is 9.78 Å². The van der Waals surface area contributed by atoms with Gasteiger partial charge in [0, 0.05) is 5.69 Å². The van der Waals surface area contributed by atoms with E-state index in [2.05, 4.69) is 15.3 Å². The van der Waals surface area contributed by atoms with Crippen LogP contribution in [0.4, 0.5) is 17.2 Å². The highest BCUT2D eigenvalue weighted by molar-refractivity contribution is 5.91. The van der Waals surface area contributed by atoms with Crippen LogP contribution in [0.2, 0.25) is 0 Å². The van der Waals surface area contributed by atoms with E-state index in [-0.39, 0.29) is 18.3 Å². The number of hydrogen-bond acceptors (Lipinski definition) is 8. The van der Waals surface area contributed by atoms with E-state index >= 15 is 0 Å². The maximum absolute atomic E-state index is 12.0. The standard InChI is InChI=1S/C23H18N4O5/c1-2-31-23(28)17-8-5-9-18(12-17)26-21-20(27(29)30)22(25-14-24-21)32-19-11-10-15-6-3-4-7-16(15)13-19/h3-14H,2H2,1H3,(H,24,25,26). The minimum atomic E-state index is -0.617. The Kier molecular flexibility index (Phi) is 5.89. The predicted molar refractivity (Wildman–Crippen MR) is 118 cm³/mol. The van der Waals surface area contributed by atoms with Crippen molar-refractivity contribution in [3.8, 4) is 11.6 Å². The average Bonchev–Trinajstić information content (AvgIpc) is 2.79. The summed E-state index contributed by atoms with van der Waals surface area (Å²) in [5, 5.41) is 16.6. The summed E-state index contributed by atoms with van der Waals surface area (Å²) >= 11 is 0. The van der Waals surface area contributed by atoms with Crippen LogP contribution >= 0.6 is 0 Å². The molecule has 0 fully saturated rings. The second-order valence-electron chi connectivity index (χ2n) is 6.67. The first-order valence-electron chi connectivity index (χ1n) is 9.75. The first kappa shape index (κ1) is 20.7. The van der Waals surface area contributed by atoms with Gasteiger partial charge in [0.15, 0.2) is 0 Å². The third-order valence-electron chi connectivity index (χ3n) is 4.54. The molecule has 4 rings (SSSR count). The maximum atomic E-state index is 12.0. The summed E-state index contributed by atoms with van der Waals surface area (Å²) in [6.07, 6.45) is 1.17. The number of nitrogens with one attached hydrogen (secondary N) is 1. The number of rotatable bonds is 7. The summed E-state index contributed by atoms with van der Waals surface area (Å²) < 4.78 is 10.7. The Morgan fingerprint density at radius 3 is 2.62 bits per heavy atom. The van der Waals surface area contributed by atoms with Gasteiger partial charge in [0.25, 0.3) is 0 Å². The summed E-state index contributed by atoms with van der Waals surface area (Å²) in [5.41, 5.74) is 0.303. The third-order valence-corrected chi connectivity index (χ3v) is 4.54. The molecule has 0 aliphatic rings. The SMILES string of the molecule is CCOC(=O)c1cccc(Nc2ncnc(Oc3ccc4ccccc4c3)c2[N+](=O)[O-])c1. The van der Waals surface area contributed by atoms with Gasteiger partial charge in [-0.3, -0.25) is 10.1 Å². The van der Waals surface area contributed by atoms with Crippen molar-refractivity contribution in [3.63, 3.8) is 0 Å². The van der Waals surface area contributed by atoms with Crippen molar-refractivity contribution in [2.75, 3.05) is 11.9 Å². The molecule has 0 spiro atoms. The van der Waals surface area contributed by atoms with Crippen molar-refractivity contribution < 1.29 is 19.2 Å². The summed E-state index contributed by atoms with van der Waals surface area (Å²) in [6, 6.07) is 19.4. The summed E-state index contributed by atoms with van der Waals surface area (Å²) in [6.45, 7) is 1.95. The Hall–Kier alpha value is -4.53. The zero-order chi connectivity index (χ0) is 22.5. The van der Waals surface area contributed by atoms with Crippen LogP contribution < -0.4 is 10.1 Å². The fourth-order valence-corrected chi connectivity index (χ4v) is 3.11. The van der Waals surface area contributed by atoms with Crippen molar-refractivity contribution in [2.24, 2.45) is 0 Å². The van der Waals surface area contributed by atoms with E-state index in [0.717, 1.165) is 10.8 Å². The van der Waals surface area contributed by atoms with Gasteiger partial charge < -0.3 is 14.8 Å². The molecule has 0 aliphatic heterocycles. The maximum Gasteiger partial charge on any atom is 0.373 e. The van der Waals surface area contributed by atoms with Gasteiger partial charge in [0.05, 0.1) is 17.1 Å².